The maximum absolute atomic E-state index is 3.37. The maximum Gasteiger partial charge on any atom is -0.00218 e. The molecule has 0 fully saturated rings. The van der Waals surface area contributed by atoms with E-state index in [1.807, 2.05) is 0 Å². The molecule has 2 nitrogen and oxygen atoms in total. The monoisotopic (exact) mass is 214 g/mol. The van der Waals surface area contributed by atoms with Crippen molar-refractivity contribution >= 4 is 0 Å². The van der Waals surface area contributed by atoms with Crippen LogP contribution in [0.1, 0.15) is 52.4 Å². The van der Waals surface area contributed by atoms with Crippen LogP contribution < -0.4 is 5.32 Å². The molecule has 0 unspecified atom stereocenters. The first-order chi connectivity index (χ1) is 7.31. The number of hydrogen-bond acceptors (Lipinski definition) is 2. The molecule has 0 bridgehead atoms. The Morgan fingerprint density at radius 1 is 0.867 bits per heavy atom. The third-order valence-corrected chi connectivity index (χ3v) is 2.79. The summed E-state index contributed by atoms with van der Waals surface area (Å²) in [5, 5.41) is 3.37. The molecular formula is C13H30N2. The van der Waals surface area contributed by atoms with Crippen molar-refractivity contribution < 1.29 is 0 Å². The lowest BCUT2D eigenvalue weighted by atomic mass is 10.2. The number of unbranched alkanes of at least 4 members (excludes halogenated alkanes) is 4. The first kappa shape index (κ1) is 14.9. The molecule has 2 heteroatoms. The van der Waals surface area contributed by atoms with E-state index in [-0.39, 0.29) is 0 Å². The van der Waals surface area contributed by atoms with E-state index < -0.39 is 0 Å². The second-order valence-corrected chi connectivity index (χ2v) is 4.42. The lowest BCUT2D eigenvalue weighted by molar-refractivity contribution is 0.318. The van der Waals surface area contributed by atoms with Gasteiger partial charge >= 0.3 is 0 Å². The summed E-state index contributed by atoms with van der Waals surface area (Å²) in [6.45, 7) is 9.29. The molecule has 0 heterocycles. The number of hydrogen-bond donors (Lipinski definition) is 1. The second-order valence-electron chi connectivity index (χ2n) is 4.42. The third-order valence-electron chi connectivity index (χ3n) is 2.79. The molecule has 0 aromatic heterocycles. The molecule has 0 aliphatic heterocycles. The quantitative estimate of drug-likeness (QED) is 0.532. The van der Waals surface area contributed by atoms with Gasteiger partial charge in [-0.05, 0) is 52.5 Å². The van der Waals surface area contributed by atoms with Gasteiger partial charge in [-0.25, -0.2) is 0 Å². The highest BCUT2D eigenvalue weighted by atomic mass is 15.1. The number of nitrogens with zero attached hydrogens (tertiary/aromatic N) is 1. The lowest BCUT2D eigenvalue weighted by Crippen LogP contribution is -2.20. The molecule has 0 rings (SSSR count). The van der Waals surface area contributed by atoms with Gasteiger partial charge in [0.1, 0.15) is 0 Å². The Morgan fingerprint density at radius 3 is 2.20 bits per heavy atom. The van der Waals surface area contributed by atoms with Gasteiger partial charge in [0.2, 0.25) is 0 Å². The topological polar surface area (TPSA) is 15.3 Å². The number of nitrogens with one attached hydrogen (secondary N) is 1. The van der Waals surface area contributed by atoms with Gasteiger partial charge in [-0.2, -0.15) is 0 Å². The van der Waals surface area contributed by atoms with Crippen LogP contribution in [0.25, 0.3) is 0 Å². The average molecular weight is 214 g/mol. The second kappa shape index (κ2) is 12.0. The van der Waals surface area contributed by atoms with Crippen molar-refractivity contribution in [1.82, 2.24) is 10.2 Å². The number of rotatable bonds is 11. The Morgan fingerprint density at radius 2 is 1.53 bits per heavy atom. The average Bonchev–Trinajstić information content (AvgIpc) is 2.25. The predicted molar refractivity (Wildman–Crippen MR) is 69.4 cm³/mol. The van der Waals surface area contributed by atoms with Crippen LogP contribution in [-0.2, 0) is 0 Å². The zero-order chi connectivity index (χ0) is 11.4. The predicted octanol–water partition coefficient (Wildman–Crippen LogP) is 2.89. The summed E-state index contributed by atoms with van der Waals surface area (Å²) in [6.07, 6.45) is 8.14. The molecule has 15 heavy (non-hydrogen) atoms. The fourth-order valence-corrected chi connectivity index (χ4v) is 1.70. The van der Waals surface area contributed by atoms with Gasteiger partial charge in [0.25, 0.3) is 0 Å². The molecule has 0 amide bonds. The van der Waals surface area contributed by atoms with Crippen LogP contribution in [0.5, 0.6) is 0 Å². The Labute approximate surface area is 96.4 Å². The Bertz CT molecular complexity index is 115. The van der Waals surface area contributed by atoms with E-state index in [4.69, 9.17) is 0 Å². The van der Waals surface area contributed by atoms with Crippen LogP contribution in [0, 0.1) is 0 Å². The fraction of sp³-hybridized carbons (Fsp3) is 1.00. The Kier molecular flexibility index (Phi) is 11.9. The van der Waals surface area contributed by atoms with Crippen LogP contribution in [-0.4, -0.2) is 38.1 Å². The van der Waals surface area contributed by atoms with Crippen molar-refractivity contribution in [3.8, 4) is 0 Å². The van der Waals surface area contributed by atoms with E-state index in [0.29, 0.717) is 0 Å². The van der Waals surface area contributed by atoms with Crippen molar-refractivity contribution in [1.29, 1.82) is 0 Å². The first-order valence-corrected chi connectivity index (χ1v) is 6.70. The largest absolute Gasteiger partial charge is 0.317 e. The van der Waals surface area contributed by atoms with Crippen LogP contribution in [0.3, 0.4) is 0 Å². The fourth-order valence-electron chi connectivity index (χ4n) is 1.70. The summed E-state index contributed by atoms with van der Waals surface area (Å²) < 4.78 is 0. The molecular weight excluding hydrogens is 184 g/mol. The normalized spacial score (nSPS) is 11.2. The molecule has 0 atom stereocenters. The highest BCUT2D eigenvalue weighted by Crippen LogP contribution is 2.01. The minimum Gasteiger partial charge on any atom is -0.317 e. The van der Waals surface area contributed by atoms with Crippen LogP contribution in [0.4, 0.5) is 0 Å². The maximum atomic E-state index is 3.37. The van der Waals surface area contributed by atoms with Crippen molar-refractivity contribution in [2.45, 2.75) is 52.4 Å². The van der Waals surface area contributed by atoms with Gasteiger partial charge in [-0.1, -0.05) is 33.1 Å². The molecule has 0 radical (unpaired) electrons. The smallest absolute Gasteiger partial charge is 0.00218 e. The Balaban J connectivity index is 3.02. The molecule has 0 aliphatic rings. The van der Waals surface area contributed by atoms with Gasteiger partial charge in [-0.3, -0.25) is 0 Å². The van der Waals surface area contributed by atoms with Crippen LogP contribution in [0.2, 0.25) is 0 Å². The van der Waals surface area contributed by atoms with E-state index in [2.05, 4.69) is 31.1 Å². The van der Waals surface area contributed by atoms with E-state index in [0.717, 1.165) is 6.54 Å². The molecule has 0 saturated carbocycles. The highest BCUT2D eigenvalue weighted by Gasteiger charge is 1.96. The minimum absolute atomic E-state index is 1.11. The first-order valence-electron chi connectivity index (χ1n) is 6.70. The summed E-state index contributed by atoms with van der Waals surface area (Å²) in [5.41, 5.74) is 0. The summed E-state index contributed by atoms with van der Waals surface area (Å²) in [4.78, 5) is 2.47. The summed E-state index contributed by atoms with van der Waals surface area (Å²) in [6, 6.07) is 0. The zero-order valence-corrected chi connectivity index (χ0v) is 11.0. The van der Waals surface area contributed by atoms with Gasteiger partial charge in [0, 0.05) is 0 Å². The van der Waals surface area contributed by atoms with E-state index in [1.165, 1.54) is 58.2 Å². The van der Waals surface area contributed by atoms with Gasteiger partial charge in [-0.15, -0.1) is 0 Å². The summed E-state index contributed by atoms with van der Waals surface area (Å²) >= 11 is 0. The SMILES string of the molecule is CCCCN(C)CCCCCCNCC. The van der Waals surface area contributed by atoms with Gasteiger partial charge in [0.15, 0.2) is 0 Å². The minimum atomic E-state index is 1.11. The van der Waals surface area contributed by atoms with E-state index >= 15 is 0 Å². The van der Waals surface area contributed by atoms with E-state index in [9.17, 15) is 0 Å². The molecule has 0 spiro atoms. The molecule has 92 valence electrons. The summed E-state index contributed by atoms with van der Waals surface area (Å²) in [5.74, 6) is 0. The lowest BCUT2D eigenvalue weighted by Gasteiger charge is -2.15. The third kappa shape index (κ3) is 11.8. The summed E-state index contributed by atoms with van der Waals surface area (Å²) in [7, 11) is 2.24. The van der Waals surface area contributed by atoms with Crippen molar-refractivity contribution in [3.63, 3.8) is 0 Å². The van der Waals surface area contributed by atoms with Crippen molar-refractivity contribution in [3.05, 3.63) is 0 Å². The van der Waals surface area contributed by atoms with Gasteiger partial charge < -0.3 is 10.2 Å². The molecule has 0 aliphatic carbocycles. The molecule has 0 aromatic carbocycles. The standard InChI is InChI=1S/C13H30N2/c1-4-6-12-15(3)13-10-8-7-9-11-14-5-2/h14H,4-13H2,1-3H3. The van der Waals surface area contributed by atoms with Gasteiger partial charge in [0.05, 0.1) is 0 Å². The zero-order valence-electron chi connectivity index (χ0n) is 11.0. The molecule has 0 aromatic rings. The van der Waals surface area contributed by atoms with Crippen LogP contribution >= 0.6 is 0 Å². The van der Waals surface area contributed by atoms with Crippen LogP contribution in [0.15, 0.2) is 0 Å². The highest BCUT2D eigenvalue weighted by molar-refractivity contribution is 4.53. The molecule has 1 N–H and O–H groups in total. The van der Waals surface area contributed by atoms with E-state index in [1.54, 1.807) is 0 Å². The molecule has 0 saturated heterocycles. The van der Waals surface area contributed by atoms with Crippen molar-refractivity contribution in [2.24, 2.45) is 0 Å². The Hall–Kier alpha value is -0.0800. The van der Waals surface area contributed by atoms with Crippen molar-refractivity contribution in [2.75, 3.05) is 33.2 Å².